The molecule has 1 heterocycles. The molecule has 3 N–H and O–H groups in total. The molecule has 106 valence electrons. The van der Waals surface area contributed by atoms with Crippen LogP contribution in [0.5, 0.6) is 0 Å². The molecule has 0 spiro atoms. The van der Waals surface area contributed by atoms with Gasteiger partial charge in [-0.3, -0.25) is 0 Å². The topological polar surface area (TPSA) is 54.7 Å². The summed E-state index contributed by atoms with van der Waals surface area (Å²) in [6.45, 7) is 1.76. The van der Waals surface area contributed by atoms with E-state index >= 15 is 0 Å². The van der Waals surface area contributed by atoms with Crippen molar-refractivity contribution in [2.45, 2.75) is 44.6 Å². The molecule has 0 saturated heterocycles. The number of halogens is 1. The van der Waals surface area contributed by atoms with Crippen LogP contribution in [0, 0.1) is 12.7 Å². The maximum Gasteiger partial charge on any atom is 0.126 e. The summed E-state index contributed by atoms with van der Waals surface area (Å²) in [6, 6.07) is 5.54. The van der Waals surface area contributed by atoms with Crippen LogP contribution in [0.25, 0.3) is 11.3 Å². The molecule has 1 aromatic carbocycles. The van der Waals surface area contributed by atoms with Crippen molar-refractivity contribution in [1.29, 1.82) is 0 Å². The number of H-pyrrole nitrogens is 1. The van der Waals surface area contributed by atoms with Gasteiger partial charge < -0.3 is 10.7 Å². The summed E-state index contributed by atoms with van der Waals surface area (Å²) in [5.74, 6) is 1.21. The van der Waals surface area contributed by atoms with Gasteiger partial charge in [0.1, 0.15) is 11.6 Å². The van der Waals surface area contributed by atoms with Crippen LogP contribution in [0.4, 0.5) is 4.39 Å². The van der Waals surface area contributed by atoms with Crippen LogP contribution in [-0.4, -0.2) is 16.0 Å². The van der Waals surface area contributed by atoms with Gasteiger partial charge in [0.2, 0.25) is 0 Å². The summed E-state index contributed by atoms with van der Waals surface area (Å²) in [4.78, 5) is 7.80. The fraction of sp³-hybridized carbons (Fsp3) is 0.438. The molecule has 2 atom stereocenters. The molecule has 0 amide bonds. The number of nitrogens with one attached hydrogen (secondary N) is 1. The van der Waals surface area contributed by atoms with Gasteiger partial charge in [-0.25, -0.2) is 9.37 Å². The van der Waals surface area contributed by atoms with E-state index in [1.54, 1.807) is 25.3 Å². The quantitative estimate of drug-likeness (QED) is 0.879. The van der Waals surface area contributed by atoms with E-state index in [-0.39, 0.29) is 11.9 Å². The predicted octanol–water partition coefficient (Wildman–Crippen LogP) is 3.51. The number of rotatable bonds is 2. The minimum atomic E-state index is -0.182. The lowest BCUT2D eigenvalue weighted by Crippen LogP contribution is -2.27. The fourth-order valence-corrected chi connectivity index (χ4v) is 2.93. The van der Waals surface area contributed by atoms with E-state index in [9.17, 15) is 4.39 Å². The van der Waals surface area contributed by atoms with Gasteiger partial charge in [0.25, 0.3) is 0 Å². The smallest absolute Gasteiger partial charge is 0.126 e. The first-order valence-corrected chi connectivity index (χ1v) is 7.20. The van der Waals surface area contributed by atoms with Crippen molar-refractivity contribution in [2.75, 3.05) is 0 Å². The van der Waals surface area contributed by atoms with Crippen molar-refractivity contribution in [3.63, 3.8) is 0 Å². The summed E-state index contributed by atoms with van der Waals surface area (Å²) in [5, 5.41) is 0. The van der Waals surface area contributed by atoms with Crippen LogP contribution in [-0.2, 0) is 0 Å². The number of nitrogens with two attached hydrogens (primary N) is 1. The molecular weight excluding hydrogens is 253 g/mol. The molecule has 1 aliphatic carbocycles. The van der Waals surface area contributed by atoms with Crippen molar-refractivity contribution in [2.24, 2.45) is 5.73 Å². The summed E-state index contributed by atoms with van der Waals surface area (Å²) in [5.41, 5.74) is 8.40. The summed E-state index contributed by atoms with van der Waals surface area (Å²) >= 11 is 0. The van der Waals surface area contributed by atoms with Gasteiger partial charge in [0.05, 0.1) is 11.9 Å². The molecule has 2 unspecified atom stereocenters. The van der Waals surface area contributed by atoms with E-state index in [1.165, 1.54) is 0 Å². The second kappa shape index (κ2) is 5.37. The Kier molecular flexibility index (Phi) is 3.57. The standard InChI is InChI=1S/C16H20FN3/c1-10-5-6-11(8-14(10)17)15-9-19-16(20-15)12-3-2-4-13(18)7-12/h5-6,8-9,12-13H,2-4,7,18H2,1H3,(H,19,20). The number of aromatic amines is 1. The summed E-state index contributed by atoms with van der Waals surface area (Å²) in [7, 11) is 0. The van der Waals surface area contributed by atoms with Gasteiger partial charge >= 0.3 is 0 Å². The van der Waals surface area contributed by atoms with Gasteiger partial charge in [-0.2, -0.15) is 0 Å². The monoisotopic (exact) mass is 273 g/mol. The average molecular weight is 273 g/mol. The number of aryl methyl sites for hydroxylation is 1. The first-order valence-electron chi connectivity index (χ1n) is 7.20. The van der Waals surface area contributed by atoms with Gasteiger partial charge in [-0.05, 0) is 37.8 Å². The highest BCUT2D eigenvalue weighted by Gasteiger charge is 2.23. The highest BCUT2D eigenvalue weighted by Crippen LogP contribution is 2.31. The van der Waals surface area contributed by atoms with Crippen molar-refractivity contribution >= 4 is 0 Å². The van der Waals surface area contributed by atoms with E-state index in [2.05, 4.69) is 9.97 Å². The highest BCUT2D eigenvalue weighted by atomic mass is 19.1. The molecule has 3 rings (SSSR count). The van der Waals surface area contributed by atoms with Gasteiger partial charge in [-0.1, -0.05) is 18.6 Å². The summed E-state index contributed by atoms with van der Waals surface area (Å²) < 4.78 is 13.6. The third-order valence-electron chi connectivity index (χ3n) is 4.18. The molecule has 1 fully saturated rings. The Labute approximate surface area is 118 Å². The van der Waals surface area contributed by atoms with Crippen LogP contribution in [0.3, 0.4) is 0 Å². The Morgan fingerprint density at radius 1 is 1.35 bits per heavy atom. The van der Waals surface area contributed by atoms with Crippen LogP contribution in [0.2, 0.25) is 0 Å². The lowest BCUT2D eigenvalue weighted by molar-refractivity contribution is 0.383. The maximum atomic E-state index is 13.6. The Morgan fingerprint density at radius 3 is 2.95 bits per heavy atom. The minimum absolute atomic E-state index is 0.182. The predicted molar refractivity (Wildman–Crippen MR) is 77.9 cm³/mol. The second-order valence-electron chi connectivity index (χ2n) is 5.77. The zero-order valence-corrected chi connectivity index (χ0v) is 11.7. The molecule has 0 bridgehead atoms. The number of hydrogen-bond donors (Lipinski definition) is 2. The molecule has 1 saturated carbocycles. The van der Waals surface area contributed by atoms with E-state index in [0.29, 0.717) is 11.5 Å². The number of nitrogens with zero attached hydrogens (tertiary/aromatic N) is 1. The average Bonchev–Trinajstić information content (AvgIpc) is 2.92. The summed E-state index contributed by atoms with van der Waals surface area (Å²) in [6.07, 6.45) is 6.16. The molecule has 0 aliphatic heterocycles. The third kappa shape index (κ3) is 2.61. The first-order chi connectivity index (χ1) is 9.63. The number of benzene rings is 1. The fourth-order valence-electron chi connectivity index (χ4n) is 2.93. The second-order valence-corrected chi connectivity index (χ2v) is 5.77. The normalized spacial score (nSPS) is 22.9. The molecule has 4 heteroatoms. The van der Waals surface area contributed by atoms with E-state index in [1.807, 2.05) is 6.07 Å². The Bertz CT molecular complexity index is 606. The number of aromatic nitrogens is 2. The van der Waals surface area contributed by atoms with E-state index in [4.69, 9.17) is 5.73 Å². The Morgan fingerprint density at radius 2 is 2.20 bits per heavy atom. The first kappa shape index (κ1) is 13.3. The van der Waals surface area contributed by atoms with Crippen LogP contribution < -0.4 is 5.73 Å². The van der Waals surface area contributed by atoms with E-state index < -0.39 is 0 Å². The van der Waals surface area contributed by atoms with Crippen molar-refractivity contribution in [3.8, 4) is 11.3 Å². The van der Waals surface area contributed by atoms with Gasteiger partial charge in [-0.15, -0.1) is 0 Å². The molecule has 2 aromatic rings. The molecule has 1 aromatic heterocycles. The molecule has 0 radical (unpaired) electrons. The van der Waals surface area contributed by atoms with Crippen molar-refractivity contribution < 1.29 is 4.39 Å². The lowest BCUT2D eigenvalue weighted by Gasteiger charge is -2.24. The SMILES string of the molecule is Cc1ccc(-c2cnc(C3CCCC(N)C3)[nH]2)cc1F. The van der Waals surface area contributed by atoms with Crippen molar-refractivity contribution in [1.82, 2.24) is 9.97 Å². The Balaban J connectivity index is 1.84. The lowest BCUT2D eigenvalue weighted by atomic mass is 9.86. The number of hydrogen-bond acceptors (Lipinski definition) is 2. The highest BCUT2D eigenvalue weighted by molar-refractivity contribution is 5.59. The van der Waals surface area contributed by atoms with Gasteiger partial charge in [0.15, 0.2) is 0 Å². The molecule has 20 heavy (non-hydrogen) atoms. The largest absolute Gasteiger partial charge is 0.342 e. The molecule has 1 aliphatic rings. The number of imidazole rings is 1. The zero-order valence-electron chi connectivity index (χ0n) is 11.7. The van der Waals surface area contributed by atoms with E-state index in [0.717, 1.165) is 42.8 Å². The molecular formula is C16H20FN3. The van der Waals surface area contributed by atoms with Crippen LogP contribution in [0.1, 0.15) is 43.0 Å². The molecule has 3 nitrogen and oxygen atoms in total. The third-order valence-corrected chi connectivity index (χ3v) is 4.18. The Hall–Kier alpha value is -1.68. The minimum Gasteiger partial charge on any atom is -0.342 e. The van der Waals surface area contributed by atoms with Crippen LogP contribution >= 0.6 is 0 Å². The van der Waals surface area contributed by atoms with Crippen molar-refractivity contribution in [3.05, 3.63) is 41.6 Å². The van der Waals surface area contributed by atoms with Crippen LogP contribution in [0.15, 0.2) is 24.4 Å². The van der Waals surface area contributed by atoms with Gasteiger partial charge in [0, 0.05) is 17.5 Å². The maximum absolute atomic E-state index is 13.6. The zero-order chi connectivity index (χ0) is 14.1.